The van der Waals surface area contributed by atoms with Crippen molar-refractivity contribution in [3.8, 4) is 0 Å². The van der Waals surface area contributed by atoms with Gasteiger partial charge in [0.25, 0.3) is 0 Å². The van der Waals surface area contributed by atoms with Crippen LogP contribution in [0.3, 0.4) is 0 Å². The van der Waals surface area contributed by atoms with Crippen molar-refractivity contribution in [1.29, 1.82) is 0 Å². The first-order valence-corrected chi connectivity index (χ1v) is 10.5. The van der Waals surface area contributed by atoms with E-state index in [1.54, 1.807) is 11.3 Å². The fraction of sp³-hybridized carbons (Fsp3) is 0.588. The van der Waals surface area contributed by atoms with Crippen molar-refractivity contribution < 1.29 is 4.79 Å². The van der Waals surface area contributed by atoms with Gasteiger partial charge in [-0.15, -0.1) is 21.5 Å². The van der Waals surface area contributed by atoms with Crippen LogP contribution in [0.1, 0.15) is 49.4 Å². The van der Waals surface area contributed by atoms with Gasteiger partial charge in [-0.2, -0.15) is 0 Å². The molecule has 0 aliphatic heterocycles. The number of carbonyl (C=O) groups excluding carboxylic acids is 1. The number of thiophene rings is 1. The Labute approximate surface area is 150 Å². The average Bonchev–Trinajstić information content (AvgIpc) is 3.49. The lowest BCUT2D eigenvalue weighted by Crippen LogP contribution is -2.35. The van der Waals surface area contributed by atoms with E-state index in [1.165, 1.54) is 42.3 Å². The molecular formula is C17H22N4OS2. The van der Waals surface area contributed by atoms with E-state index in [0.717, 1.165) is 17.4 Å². The first-order chi connectivity index (χ1) is 11.7. The average molecular weight is 363 g/mol. The van der Waals surface area contributed by atoms with E-state index < -0.39 is 0 Å². The van der Waals surface area contributed by atoms with Gasteiger partial charge < -0.3 is 9.88 Å². The predicted molar refractivity (Wildman–Crippen MR) is 96.5 cm³/mol. The number of thioether (sulfide) groups is 1. The molecule has 2 aromatic rings. The van der Waals surface area contributed by atoms with Gasteiger partial charge in [-0.25, -0.2) is 0 Å². The van der Waals surface area contributed by atoms with Crippen LogP contribution in [0.5, 0.6) is 0 Å². The summed E-state index contributed by atoms with van der Waals surface area (Å²) in [5.74, 6) is 2.23. The van der Waals surface area contributed by atoms with Crippen molar-refractivity contribution >= 4 is 29.0 Å². The maximum atomic E-state index is 12.1. The lowest BCUT2D eigenvalue weighted by molar-refractivity contribution is -0.119. The fourth-order valence-electron chi connectivity index (χ4n) is 2.93. The van der Waals surface area contributed by atoms with Crippen LogP contribution in [0, 0.1) is 5.92 Å². The molecule has 2 aromatic heterocycles. The zero-order valence-corrected chi connectivity index (χ0v) is 15.4. The minimum atomic E-state index is 0.101. The quantitative estimate of drug-likeness (QED) is 0.732. The second-order valence-electron chi connectivity index (χ2n) is 6.74. The standard InChI is InChI=1S/C17H22N4OS2/c1-11(12-4-5-12)18-16(22)10-24-17-20-19-15(21(17)13-6-7-13)9-14-3-2-8-23-14/h2-3,8,11-13H,4-7,9-10H2,1H3,(H,18,22)/t11-/m0/s1. The van der Waals surface area contributed by atoms with Gasteiger partial charge in [0.1, 0.15) is 5.82 Å². The monoisotopic (exact) mass is 362 g/mol. The van der Waals surface area contributed by atoms with E-state index >= 15 is 0 Å². The minimum absolute atomic E-state index is 0.101. The Hall–Kier alpha value is -1.34. The Kier molecular flexibility index (Phi) is 4.63. The topological polar surface area (TPSA) is 59.8 Å². The molecule has 2 aliphatic carbocycles. The maximum absolute atomic E-state index is 12.1. The van der Waals surface area contributed by atoms with E-state index in [9.17, 15) is 4.79 Å². The van der Waals surface area contributed by atoms with Gasteiger partial charge in [-0.05, 0) is 50.0 Å². The Morgan fingerprint density at radius 2 is 2.25 bits per heavy atom. The summed E-state index contributed by atoms with van der Waals surface area (Å²) in [5, 5.41) is 14.8. The normalized spacial score (nSPS) is 18.5. The van der Waals surface area contributed by atoms with Gasteiger partial charge in [0.05, 0.1) is 5.75 Å². The molecule has 2 aliphatic rings. The molecule has 7 heteroatoms. The summed E-state index contributed by atoms with van der Waals surface area (Å²) in [6.07, 6.45) is 5.70. The van der Waals surface area contributed by atoms with E-state index in [4.69, 9.17) is 0 Å². The van der Waals surface area contributed by atoms with Crippen molar-refractivity contribution in [3.63, 3.8) is 0 Å². The Morgan fingerprint density at radius 3 is 2.92 bits per heavy atom. The molecule has 2 fully saturated rings. The van der Waals surface area contributed by atoms with Gasteiger partial charge in [0, 0.05) is 23.4 Å². The summed E-state index contributed by atoms with van der Waals surface area (Å²) in [5.41, 5.74) is 0. The highest BCUT2D eigenvalue weighted by molar-refractivity contribution is 7.99. The van der Waals surface area contributed by atoms with Gasteiger partial charge in [-0.3, -0.25) is 4.79 Å². The molecular weight excluding hydrogens is 340 g/mol. The highest BCUT2D eigenvalue weighted by Gasteiger charge is 2.31. The summed E-state index contributed by atoms with van der Waals surface area (Å²) in [6, 6.07) is 5.02. The third-order valence-electron chi connectivity index (χ3n) is 4.61. The third kappa shape index (κ3) is 3.83. The number of amides is 1. The lowest BCUT2D eigenvalue weighted by Gasteiger charge is -2.12. The van der Waals surface area contributed by atoms with E-state index in [0.29, 0.717) is 23.8 Å². The second-order valence-corrected chi connectivity index (χ2v) is 8.71. The summed E-state index contributed by atoms with van der Waals surface area (Å²) in [7, 11) is 0. The van der Waals surface area contributed by atoms with E-state index in [2.05, 4.69) is 44.5 Å². The number of nitrogens with one attached hydrogen (secondary N) is 1. The maximum Gasteiger partial charge on any atom is 0.230 e. The van der Waals surface area contributed by atoms with E-state index in [1.807, 2.05) is 0 Å². The number of carbonyl (C=O) groups is 1. The van der Waals surface area contributed by atoms with Crippen LogP contribution < -0.4 is 5.32 Å². The van der Waals surface area contributed by atoms with Gasteiger partial charge >= 0.3 is 0 Å². The summed E-state index contributed by atoms with van der Waals surface area (Å²) < 4.78 is 2.25. The molecule has 2 saturated carbocycles. The van der Waals surface area contributed by atoms with Crippen LogP contribution >= 0.6 is 23.1 Å². The number of nitrogens with zero attached hydrogens (tertiary/aromatic N) is 3. The zero-order chi connectivity index (χ0) is 16.5. The van der Waals surface area contributed by atoms with Crippen molar-refractivity contribution in [2.75, 3.05) is 5.75 Å². The molecule has 2 heterocycles. The molecule has 0 bridgehead atoms. The minimum Gasteiger partial charge on any atom is -0.353 e. The molecule has 1 atom stereocenters. The molecule has 0 saturated heterocycles. The molecule has 128 valence electrons. The van der Waals surface area contributed by atoms with Crippen molar-refractivity contribution in [3.05, 3.63) is 28.2 Å². The van der Waals surface area contributed by atoms with Crippen LogP contribution in [0.4, 0.5) is 0 Å². The third-order valence-corrected chi connectivity index (χ3v) is 6.43. The summed E-state index contributed by atoms with van der Waals surface area (Å²) in [6.45, 7) is 2.10. The molecule has 0 spiro atoms. The van der Waals surface area contributed by atoms with Gasteiger partial charge in [0.15, 0.2) is 5.16 Å². The molecule has 4 rings (SSSR count). The second kappa shape index (κ2) is 6.88. The van der Waals surface area contributed by atoms with Crippen molar-refractivity contribution in [2.24, 2.45) is 5.92 Å². The Morgan fingerprint density at radius 1 is 1.42 bits per heavy atom. The lowest BCUT2D eigenvalue weighted by atomic mass is 10.2. The van der Waals surface area contributed by atoms with Crippen LogP contribution in [0.15, 0.2) is 22.7 Å². The molecule has 0 unspecified atom stereocenters. The van der Waals surface area contributed by atoms with Gasteiger partial charge in [0.2, 0.25) is 5.91 Å². The Balaban J connectivity index is 1.39. The largest absolute Gasteiger partial charge is 0.353 e. The fourth-order valence-corrected chi connectivity index (χ4v) is 4.47. The highest BCUT2D eigenvalue weighted by Crippen LogP contribution is 2.39. The first kappa shape index (κ1) is 16.1. The smallest absolute Gasteiger partial charge is 0.230 e. The summed E-state index contributed by atoms with van der Waals surface area (Å²) >= 11 is 3.26. The molecule has 0 aromatic carbocycles. The number of rotatable bonds is 8. The van der Waals surface area contributed by atoms with Crippen molar-refractivity contribution in [2.45, 2.75) is 56.3 Å². The number of hydrogen-bond acceptors (Lipinski definition) is 5. The van der Waals surface area contributed by atoms with E-state index in [-0.39, 0.29) is 5.91 Å². The predicted octanol–water partition coefficient (Wildman–Crippen LogP) is 3.27. The Bertz CT molecular complexity index is 704. The molecule has 1 amide bonds. The van der Waals surface area contributed by atoms with Crippen LogP contribution in [-0.2, 0) is 11.2 Å². The van der Waals surface area contributed by atoms with Gasteiger partial charge in [-0.1, -0.05) is 17.8 Å². The zero-order valence-electron chi connectivity index (χ0n) is 13.8. The van der Waals surface area contributed by atoms with Crippen molar-refractivity contribution in [1.82, 2.24) is 20.1 Å². The molecule has 1 N–H and O–H groups in total. The molecule has 5 nitrogen and oxygen atoms in total. The van der Waals surface area contributed by atoms with Crippen LogP contribution in [-0.4, -0.2) is 32.5 Å². The highest BCUT2D eigenvalue weighted by atomic mass is 32.2. The number of aromatic nitrogens is 3. The molecule has 24 heavy (non-hydrogen) atoms. The van der Waals surface area contributed by atoms with Crippen LogP contribution in [0.25, 0.3) is 0 Å². The van der Waals surface area contributed by atoms with Crippen LogP contribution in [0.2, 0.25) is 0 Å². The first-order valence-electron chi connectivity index (χ1n) is 8.59. The number of hydrogen-bond donors (Lipinski definition) is 1. The molecule has 0 radical (unpaired) electrons. The SMILES string of the molecule is C[C@H](NC(=O)CSc1nnc(Cc2cccs2)n1C1CC1)C1CC1. The summed E-state index contributed by atoms with van der Waals surface area (Å²) in [4.78, 5) is 13.4.